The minimum Gasteiger partial charge on any atom is -0.497 e. The molecule has 0 fully saturated rings. The molecule has 1 N–H and O–H groups in total. The molecular formula is C30H32F3N5O3. The summed E-state index contributed by atoms with van der Waals surface area (Å²) < 4.78 is 50.5. The number of carbonyl (C=O) groups is 1. The summed E-state index contributed by atoms with van der Waals surface area (Å²) in [5, 5.41) is 11.4. The van der Waals surface area contributed by atoms with Crippen LogP contribution in [-0.4, -0.2) is 45.8 Å². The highest BCUT2D eigenvalue weighted by atomic mass is 19.4. The number of nitrogens with zero attached hydrogens (tertiary/aromatic N) is 4. The Labute approximate surface area is 236 Å². The van der Waals surface area contributed by atoms with Crippen LogP contribution < -0.4 is 14.8 Å². The summed E-state index contributed by atoms with van der Waals surface area (Å²) in [5.41, 5.74) is 3.84. The van der Waals surface area contributed by atoms with Gasteiger partial charge in [0.2, 0.25) is 5.91 Å². The topological polar surface area (TPSA) is 91.2 Å². The number of methoxy groups -OCH3 is 1. The van der Waals surface area contributed by atoms with Crippen LogP contribution in [0.15, 0.2) is 67.0 Å². The first-order chi connectivity index (χ1) is 19.3. The Morgan fingerprint density at radius 2 is 1.71 bits per heavy atom. The molecule has 0 radical (unpaired) electrons. The number of amides is 1. The van der Waals surface area contributed by atoms with Crippen molar-refractivity contribution < 1.29 is 27.4 Å². The molecule has 4 rings (SSSR count). The van der Waals surface area contributed by atoms with Gasteiger partial charge in [-0.15, -0.1) is 5.10 Å². The molecule has 41 heavy (non-hydrogen) atoms. The fourth-order valence-corrected chi connectivity index (χ4v) is 4.24. The number of hydrogen-bond donors (Lipinski definition) is 1. The molecule has 11 heteroatoms. The maximum absolute atomic E-state index is 12.9. The number of alkyl halides is 3. The Hall–Kier alpha value is -4.41. The van der Waals surface area contributed by atoms with Crippen molar-refractivity contribution in [2.45, 2.75) is 51.9 Å². The zero-order valence-corrected chi connectivity index (χ0v) is 23.5. The highest BCUT2D eigenvalue weighted by Gasteiger charge is 2.29. The molecule has 0 saturated heterocycles. The van der Waals surface area contributed by atoms with Crippen LogP contribution in [0.4, 0.5) is 13.2 Å². The zero-order chi connectivity index (χ0) is 29.8. The Morgan fingerprint density at radius 3 is 2.29 bits per heavy atom. The minimum atomic E-state index is -4.52. The van der Waals surface area contributed by atoms with E-state index >= 15 is 0 Å². The first-order valence-electron chi connectivity index (χ1n) is 12.9. The van der Waals surface area contributed by atoms with Gasteiger partial charge >= 0.3 is 6.18 Å². The van der Waals surface area contributed by atoms with Gasteiger partial charge < -0.3 is 14.8 Å². The first-order valence-corrected chi connectivity index (χ1v) is 12.9. The molecule has 8 nitrogen and oxygen atoms in total. The van der Waals surface area contributed by atoms with Crippen LogP contribution in [0.25, 0.3) is 11.3 Å². The number of nitrogens with one attached hydrogen (secondary N) is 1. The summed E-state index contributed by atoms with van der Waals surface area (Å²) in [6.45, 7) is 6.61. The fraction of sp³-hybridized carbons (Fsp3) is 0.333. The third-order valence-corrected chi connectivity index (χ3v) is 6.35. The SMILES string of the molecule is COc1ccc(Cn2cc(-c3cc(OCC(F)(F)F)cnc3[C@@H](NC(C)=O)c3ccc(C(C)(C)C)cc3)nn2)cc1. The molecule has 0 aliphatic rings. The highest BCUT2D eigenvalue weighted by molar-refractivity contribution is 5.75. The molecule has 0 bridgehead atoms. The van der Waals surface area contributed by atoms with Crippen LogP contribution in [0, 0.1) is 0 Å². The lowest BCUT2D eigenvalue weighted by molar-refractivity contribution is -0.153. The summed E-state index contributed by atoms with van der Waals surface area (Å²) in [6, 6.07) is 16.0. The predicted octanol–water partition coefficient (Wildman–Crippen LogP) is 5.86. The molecule has 0 saturated carbocycles. The van der Waals surface area contributed by atoms with Crippen molar-refractivity contribution in [2.24, 2.45) is 0 Å². The van der Waals surface area contributed by atoms with E-state index in [1.165, 1.54) is 19.2 Å². The average Bonchev–Trinajstić information content (AvgIpc) is 3.38. The lowest BCUT2D eigenvalue weighted by Gasteiger charge is -2.23. The van der Waals surface area contributed by atoms with Crippen molar-refractivity contribution in [3.8, 4) is 22.8 Å². The van der Waals surface area contributed by atoms with Gasteiger partial charge in [-0.2, -0.15) is 13.2 Å². The average molecular weight is 568 g/mol. The molecule has 2 aromatic carbocycles. The van der Waals surface area contributed by atoms with Gasteiger partial charge in [0.05, 0.1) is 37.8 Å². The third kappa shape index (κ3) is 7.84. The number of ether oxygens (including phenoxy) is 2. The quantitative estimate of drug-likeness (QED) is 0.272. The third-order valence-electron chi connectivity index (χ3n) is 6.35. The van der Waals surface area contributed by atoms with Gasteiger partial charge in [0.25, 0.3) is 0 Å². The summed E-state index contributed by atoms with van der Waals surface area (Å²) >= 11 is 0. The van der Waals surface area contributed by atoms with E-state index in [4.69, 9.17) is 9.47 Å². The molecule has 0 aliphatic carbocycles. The minimum absolute atomic E-state index is 0.0781. The molecule has 216 valence electrons. The fourth-order valence-electron chi connectivity index (χ4n) is 4.24. The summed E-state index contributed by atoms with van der Waals surface area (Å²) in [4.78, 5) is 16.7. The molecule has 2 aromatic heterocycles. The number of aromatic nitrogens is 4. The van der Waals surface area contributed by atoms with Crippen molar-refractivity contribution in [1.82, 2.24) is 25.3 Å². The van der Waals surface area contributed by atoms with Crippen molar-refractivity contribution in [3.05, 3.63) is 89.4 Å². The number of hydrogen-bond acceptors (Lipinski definition) is 6. The smallest absolute Gasteiger partial charge is 0.422 e. The number of rotatable bonds is 9. The standard InChI is InChI=1S/C30H32F3N5O3/c1-19(39)35-27(21-8-10-22(11-9-21)29(2,3)4)28-25(14-24(15-34-28)41-18-30(31,32)33)26-17-38(37-36-26)16-20-6-12-23(40-5)13-7-20/h6-15,17,27H,16,18H2,1-5H3,(H,35,39)/t27-/m0/s1. The van der Waals surface area contributed by atoms with Gasteiger partial charge in [0.1, 0.15) is 17.2 Å². The molecule has 0 spiro atoms. The monoisotopic (exact) mass is 567 g/mol. The molecular weight excluding hydrogens is 535 g/mol. The van der Waals surface area contributed by atoms with Crippen molar-refractivity contribution in [1.29, 1.82) is 0 Å². The van der Waals surface area contributed by atoms with Crippen LogP contribution in [0.2, 0.25) is 0 Å². The van der Waals surface area contributed by atoms with Crippen LogP contribution >= 0.6 is 0 Å². The number of carbonyl (C=O) groups excluding carboxylic acids is 1. The maximum Gasteiger partial charge on any atom is 0.422 e. The molecule has 1 amide bonds. The summed E-state index contributed by atoms with van der Waals surface area (Å²) in [7, 11) is 1.59. The van der Waals surface area contributed by atoms with Crippen LogP contribution in [0.3, 0.4) is 0 Å². The van der Waals surface area contributed by atoms with E-state index < -0.39 is 18.8 Å². The second-order valence-corrected chi connectivity index (χ2v) is 10.7. The van der Waals surface area contributed by atoms with Gasteiger partial charge in [-0.25, -0.2) is 4.68 Å². The molecule has 0 unspecified atom stereocenters. The Balaban J connectivity index is 1.75. The lowest BCUT2D eigenvalue weighted by atomic mass is 9.86. The molecule has 1 atom stereocenters. The number of pyridine rings is 1. The summed E-state index contributed by atoms with van der Waals surface area (Å²) in [5.74, 6) is 0.331. The Bertz CT molecular complexity index is 1480. The van der Waals surface area contributed by atoms with Gasteiger partial charge in [-0.3, -0.25) is 9.78 Å². The van der Waals surface area contributed by atoms with Crippen molar-refractivity contribution in [2.75, 3.05) is 13.7 Å². The van der Waals surface area contributed by atoms with Crippen LogP contribution in [0.5, 0.6) is 11.5 Å². The van der Waals surface area contributed by atoms with Crippen LogP contribution in [0.1, 0.15) is 56.1 Å². The summed E-state index contributed by atoms with van der Waals surface area (Å²) in [6.07, 6.45) is -1.63. The van der Waals surface area contributed by atoms with Gasteiger partial charge in [-0.05, 0) is 40.3 Å². The van der Waals surface area contributed by atoms with E-state index in [1.807, 2.05) is 48.5 Å². The van der Waals surface area contributed by atoms with Crippen molar-refractivity contribution >= 4 is 5.91 Å². The van der Waals surface area contributed by atoms with Gasteiger partial charge in [-0.1, -0.05) is 62.4 Å². The largest absolute Gasteiger partial charge is 0.497 e. The van der Waals surface area contributed by atoms with Gasteiger partial charge in [0.15, 0.2) is 6.61 Å². The van der Waals surface area contributed by atoms with E-state index in [0.29, 0.717) is 23.5 Å². The molecule has 4 aromatic rings. The molecule has 0 aliphatic heterocycles. The Kier molecular flexibility index (Phi) is 8.65. The number of halogens is 3. The zero-order valence-electron chi connectivity index (χ0n) is 23.5. The van der Waals surface area contributed by atoms with E-state index in [0.717, 1.165) is 22.4 Å². The predicted molar refractivity (Wildman–Crippen MR) is 148 cm³/mol. The first kappa shape index (κ1) is 29.6. The van der Waals surface area contributed by atoms with Crippen molar-refractivity contribution in [3.63, 3.8) is 0 Å². The van der Waals surface area contributed by atoms with Crippen LogP contribution in [-0.2, 0) is 16.8 Å². The normalized spacial score (nSPS) is 12.6. The second-order valence-electron chi connectivity index (χ2n) is 10.7. The van der Waals surface area contributed by atoms with Gasteiger partial charge in [0, 0.05) is 12.5 Å². The second kappa shape index (κ2) is 12.0. The van der Waals surface area contributed by atoms with E-state index in [-0.39, 0.29) is 17.1 Å². The van der Waals surface area contributed by atoms with E-state index in [9.17, 15) is 18.0 Å². The van der Waals surface area contributed by atoms with E-state index in [2.05, 4.69) is 41.4 Å². The molecule has 2 heterocycles. The number of benzene rings is 2. The Morgan fingerprint density at radius 1 is 1.02 bits per heavy atom. The van der Waals surface area contributed by atoms with E-state index in [1.54, 1.807) is 18.0 Å². The highest BCUT2D eigenvalue weighted by Crippen LogP contribution is 2.34. The maximum atomic E-state index is 12.9. The lowest BCUT2D eigenvalue weighted by Crippen LogP contribution is -2.28.